The fourth-order valence-electron chi connectivity index (χ4n) is 2.65. The van der Waals surface area contributed by atoms with Gasteiger partial charge in [0.05, 0.1) is 0 Å². The number of benzene rings is 1. The summed E-state index contributed by atoms with van der Waals surface area (Å²) in [5.74, 6) is 0. The fourth-order valence-corrected chi connectivity index (χ4v) is 2.65. The average molecular weight is 236 g/mol. The van der Waals surface area contributed by atoms with E-state index in [0.29, 0.717) is 0 Å². The molecule has 1 aromatic heterocycles. The zero-order chi connectivity index (χ0) is 12.4. The highest BCUT2D eigenvalue weighted by Gasteiger charge is 2.10. The van der Waals surface area contributed by atoms with Gasteiger partial charge in [0, 0.05) is 30.5 Å². The molecule has 0 bridgehead atoms. The van der Waals surface area contributed by atoms with E-state index in [2.05, 4.69) is 40.2 Å². The van der Waals surface area contributed by atoms with Crippen LogP contribution in [0.3, 0.4) is 0 Å². The quantitative estimate of drug-likeness (QED) is 0.635. The van der Waals surface area contributed by atoms with Crippen LogP contribution in [-0.4, -0.2) is 37.4 Å². The van der Waals surface area contributed by atoms with Gasteiger partial charge in [0.25, 0.3) is 0 Å². The van der Waals surface area contributed by atoms with Crippen LogP contribution in [0, 0.1) is 0 Å². The Hall–Kier alpha value is -1.48. The predicted molar refractivity (Wildman–Crippen MR) is 77.6 cm³/mol. The summed E-state index contributed by atoms with van der Waals surface area (Å²) in [6.45, 7) is 3.32. The number of nitrogens with zero attached hydrogens (tertiary/aromatic N) is 1. The molecule has 18 heavy (non-hydrogen) atoms. The van der Waals surface area contributed by atoms with E-state index in [0.717, 1.165) is 30.6 Å². The molecule has 1 aliphatic rings. The minimum absolute atomic E-state index is 0.823. The molecule has 2 radical (unpaired) electrons. The molecule has 3 heteroatoms. The number of H-pyrrole nitrogens is 1. The van der Waals surface area contributed by atoms with Gasteiger partial charge < -0.3 is 4.98 Å². The second-order valence-corrected chi connectivity index (χ2v) is 4.87. The normalized spacial score (nSPS) is 16.4. The van der Waals surface area contributed by atoms with Crippen molar-refractivity contribution >= 4 is 24.3 Å². The van der Waals surface area contributed by atoms with Crippen molar-refractivity contribution in [2.45, 2.75) is 12.8 Å². The van der Waals surface area contributed by atoms with Crippen LogP contribution in [0.15, 0.2) is 36.4 Å². The van der Waals surface area contributed by atoms with Gasteiger partial charge in [-0.2, -0.15) is 0 Å². The van der Waals surface area contributed by atoms with Gasteiger partial charge in [0.2, 0.25) is 0 Å². The fraction of sp³-hybridized carbons (Fsp3) is 0.333. The van der Waals surface area contributed by atoms with Crippen molar-refractivity contribution < 1.29 is 0 Å². The van der Waals surface area contributed by atoms with Crippen molar-refractivity contribution in [3.8, 4) is 0 Å². The molecule has 90 valence electrons. The summed E-state index contributed by atoms with van der Waals surface area (Å²) in [6.07, 6.45) is 6.70. The number of hydrogen-bond donors (Lipinski definition) is 1. The lowest BCUT2D eigenvalue weighted by Gasteiger charge is -2.22. The van der Waals surface area contributed by atoms with Crippen molar-refractivity contribution in [3.05, 3.63) is 42.0 Å². The number of fused-ring (bicyclic) bond motifs is 1. The second kappa shape index (κ2) is 5.03. The van der Waals surface area contributed by atoms with Gasteiger partial charge in [-0.05, 0) is 30.1 Å². The van der Waals surface area contributed by atoms with E-state index >= 15 is 0 Å². The topological polar surface area (TPSA) is 19.0 Å². The lowest BCUT2D eigenvalue weighted by Crippen LogP contribution is -2.30. The van der Waals surface area contributed by atoms with Gasteiger partial charge in [-0.1, -0.05) is 30.4 Å². The van der Waals surface area contributed by atoms with Crippen molar-refractivity contribution in [2.24, 2.45) is 0 Å². The highest BCUT2D eigenvalue weighted by molar-refractivity contribution is 6.33. The summed E-state index contributed by atoms with van der Waals surface area (Å²) in [5.41, 5.74) is 3.23. The summed E-state index contributed by atoms with van der Waals surface area (Å²) in [6, 6.07) is 8.34. The highest BCUT2D eigenvalue weighted by atomic mass is 15.1. The number of nitrogens with one attached hydrogen (secondary N) is 1. The zero-order valence-electron chi connectivity index (χ0n) is 10.5. The molecule has 1 N–H and O–H groups in total. The summed E-state index contributed by atoms with van der Waals surface area (Å²) in [5, 5.41) is 1.27. The SMILES string of the molecule is [B]c1[nH]c2ccccc2c1CCN1CC=CCC1. The van der Waals surface area contributed by atoms with Crippen LogP contribution in [0.1, 0.15) is 12.0 Å². The minimum atomic E-state index is 0.823. The summed E-state index contributed by atoms with van der Waals surface area (Å²) >= 11 is 0. The number of aromatic nitrogens is 1. The van der Waals surface area contributed by atoms with Crippen LogP contribution in [-0.2, 0) is 6.42 Å². The summed E-state index contributed by atoms with van der Waals surface area (Å²) < 4.78 is 0. The molecule has 0 amide bonds. The summed E-state index contributed by atoms with van der Waals surface area (Å²) in [7, 11) is 6.08. The zero-order valence-corrected chi connectivity index (χ0v) is 10.5. The first kappa shape index (κ1) is 11.6. The maximum atomic E-state index is 6.08. The number of hydrogen-bond acceptors (Lipinski definition) is 1. The number of rotatable bonds is 3. The molecule has 2 aromatic rings. The molecule has 0 atom stereocenters. The van der Waals surface area contributed by atoms with Crippen molar-refractivity contribution in [3.63, 3.8) is 0 Å². The van der Waals surface area contributed by atoms with Crippen LogP contribution < -0.4 is 5.59 Å². The first-order chi connectivity index (χ1) is 8.84. The Balaban J connectivity index is 1.77. The first-order valence-corrected chi connectivity index (χ1v) is 6.57. The lowest BCUT2D eigenvalue weighted by atomic mass is 9.95. The largest absolute Gasteiger partial charge is 0.368 e. The molecule has 0 spiro atoms. The van der Waals surface area contributed by atoms with Crippen molar-refractivity contribution in [2.75, 3.05) is 19.6 Å². The van der Waals surface area contributed by atoms with Crippen LogP contribution >= 0.6 is 0 Å². The molecule has 1 aliphatic heterocycles. The standard InChI is InChI=1S/C15H17BN2/c16-15-13(8-11-18-9-4-1-5-10-18)12-6-2-3-7-14(12)17-15/h1-4,6-7,17H,5,8-11H2. The molecular formula is C15H17BN2. The Kier molecular flexibility index (Phi) is 3.24. The Morgan fingerprint density at radius 1 is 1.22 bits per heavy atom. The van der Waals surface area contributed by atoms with Crippen LogP contribution in [0.5, 0.6) is 0 Å². The van der Waals surface area contributed by atoms with E-state index in [1.165, 1.54) is 23.9 Å². The second-order valence-electron chi connectivity index (χ2n) is 4.87. The molecule has 0 saturated carbocycles. The molecule has 0 unspecified atom stereocenters. The third-order valence-electron chi connectivity index (χ3n) is 3.67. The van der Waals surface area contributed by atoms with Crippen LogP contribution in [0.4, 0.5) is 0 Å². The number of para-hydroxylation sites is 1. The van der Waals surface area contributed by atoms with E-state index in [-0.39, 0.29) is 0 Å². The monoisotopic (exact) mass is 236 g/mol. The maximum absolute atomic E-state index is 6.08. The van der Waals surface area contributed by atoms with Crippen molar-refractivity contribution in [1.29, 1.82) is 0 Å². The predicted octanol–water partition coefficient (Wildman–Crippen LogP) is 1.77. The van der Waals surface area contributed by atoms with Gasteiger partial charge in [-0.15, -0.1) is 0 Å². The van der Waals surface area contributed by atoms with E-state index in [1.54, 1.807) is 0 Å². The molecule has 0 aliphatic carbocycles. The Labute approximate surface area is 109 Å². The first-order valence-electron chi connectivity index (χ1n) is 6.57. The van der Waals surface area contributed by atoms with Gasteiger partial charge in [-0.3, -0.25) is 4.90 Å². The molecule has 3 rings (SSSR count). The lowest BCUT2D eigenvalue weighted by molar-refractivity contribution is 0.303. The third-order valence-corrected chi connectivity index (χ3v) is 3.67. The van der Waals surface area contributed by atoms with Gasteiger partial charge in [0.1, 0.15) is 7.85 Å². The average Bonchev–Trinajstić information content (AvgIpc) is 2.73. The van der Waals surface area contributed by atoms with E-state index < -0.39 is 0 Å². The Morgan fingerprint density at radius 3 is 2.94 bits per heavy atom. The van der Waals surface area contributed by atoms with E-state index in [9.17, 15) is 0 Å². The Morgan fingerprint density at radius 2 is 2.11 bits per heavy atom. The Bertz CT molecular complexity index is 571. The molecule has 0 saturated heterocycles. The minimum Gasteiger partial charge on any atom is -0.368 e. The maximum Gasteiger partial charge on any atom is 0.138 e. The molecule has 1 aromatic carbocycles. The summed E-state index contributed by atoms with van der Waals surface area (Å²) in [4.78, 5) is 5.73. The third kappa shape index (κ3) is 2.23. The van der Waals surface area contributed by atoms with E-state index in [1.807, 2.05) is 6.07 Å². The van der Waals surface area contributed by atoms with Gasteiger partial charge in [0.15, 0.2) is 0 Å². The number of aromatic amines is 1. The molecular weight excluding hydrogens is 219 g/mol. The molecule has 2 nitrogen and oxygen atoms in total. The van der Waals surface area contributed by atoms with Gasteiger partial charge >= 0.3 is 0 Å². The van der Waals surface area contributed by atoms with Crippen LogP contribution in [0.2, 0.25) is 0 Å². The molecule has 2 heterocycles. The highest BCUT2D eigenvalue weighted by Crippen LogP contribution is 2.16. The van der Waals surface area contributed by atoms with E-state index in [4.69, 9.17) is 7.85 Å². The van der Waals surface area contributed by atoms with Crippen LogP contribution in [0.25, 0.3) is 10.9 Å². The van der Waals surface area contributed by atoms with Crippen molar-refractivity contribution in [1.82, 2.24) is 9.88 Å². The molecule has 0 fully saturated rings. The van der Waals surface area contributed by atoms with Gasteiger partial charge in [-0.25, -0.2) is 0 Å². The smallest absolute Gasteiger partial charge is 0.138 e.